The van der Waals surface area contributed by atoms with Crippen molar-refractivity contribution in [2.24, 2.45) is 5.41 Å². The minimum Gasteiger partial charge on any atom is -0.311 e. The highest BCUT2D eigenvalue weighted by Gasteiger charge is 2.30. The summed E-state index contributed by atoms with van der Waals surface area (Å²) in [4.78, 5) is 2.65. The number of hydrogen-bond acceptors (Lipinski definition) is 3. The molecular weight excluding hydrogens is 216 g/mol. The van der Waals surface area contributed by atoms with Crippen LogP contribution in [-0.4, -0.2) is 48.1 Å². The number of hydrogen-bond donors (Lipinski definition) is 1. The normalized spacial score (nSPS) is 25.7. The van der Waals surface area contributed by atoms with Crippen LogP contribution in [0.25, 0.3) is 0 Å². The topological polar surface area (TPSA) is 15.3 Å². The van der Waals surface area contributed by atoms with Crippen molar-refractivity contribution >= 4 is 11.8 Å². The molecule has 1 fully saturated rings. The van der Waals surface area contributed by atoms with Gasteiger partial charge in [0.05, 0.1) is 0 Å². The fourth-order valence-corrected chi connectivity index (χ4v) is 2.93. The minimum absolute atomic E-state index is 0.371. The first-order chi connectivity index (χ1) is 7.45. The van der Waals surface area contributed by atoms with Crippen LogP contribution in [0.5, 0.6) is 0 Å². The SMILES string of the molecule is CCSCC(C)N1CCNC(C(C)(C)C)C1. The van der Waals surface area contributed by atoms with E-state index in [0.29, 0.717) is 11.5 Å². The van der Waals surface area contributed by atoms with E-state index < -0.39 is 0 Å². The van der Waals surface area contributed by atoms with E-state index in [1.165, 1.54) is 24.6 Å². The highest BCUT2D eigenvalue weighted by atomic mass is 32.2. The summed E-state index contributed by atoms with van der Waals surface area (Å²) in [5.74, 6) is 2.51. The molecule has 0 aromatic carbocycles. The molecule has 96 valence electrons. The smallest absolute Gasteiger partial charge is 0.0244 e. The number of rotatable bonds is 4. The molecule has 3 heteroatoms. The zero-order valence-electron chi connectivity index (χ0n) is 11.5. The van der Waals surface area contributed by atoms with Crippen molar-refractivity contribution in [2.45, 2.75) is 46.7 Å². The molecule has 0 saturated carbocycles. The number of nitrogens with zero attached hydrogens (tertiary/aromatic N) is 1. The monoisotopic (exact) mass is 244 g/mol. The van der Waals surface area contributed by atoms with Gasteiger partial charge in [0.25, 0.3) is 0 Å². The molecule has 0 aliphatic carbocycles. The second kappa shape index (κ2) is 6.27. The quantitative estimate of drug-likeness (QED) is 0.818. The van der Waals surface area contributed by atoms with Crippen molar-refractivity contribution in [1.29, 1.82) is 0 Å². The maximum atomic E-state index is 3.65. The van der Waals surface area contributed by atoms with E-state index in [4.69, 9.17) is 0 Å². The number of piperazine rings is 1. The van der Waals surface area contributed by atoms with Crippen LogP contribution in [0.4, 0.5) is 0 Å². The molecule has 1 rings (SSSR count). The third-order valence-electron chi connectivity index (χ3n) is 3.44. The van der Waals surface area contributed by atoms with Gasteiger partial charge in [-0.2, -0.15) is 11.8 Å². The first kappa shape index (κ1) is 14.3. The predicted octanol–water partition coefficient (Wildman–Crippen LogP) is 2.45. The van der Waals surface area contributed by atoms with Gasteiger partial charge in [-0.05, 0) is 18.1 Å². The highest BCUT2D eigenvalue weighted by molar-refractivity contribution is 7.99. The van der Waals surface area contributed by atoms with Gasteiger partial charge in [0.1, 0.15) is 0 Å². The highest BCUT2D eigenvalue weighted by Crippen LogP contribution is 2.23. The second-order valence-electron chi connectivity index (χ2n) is 5.88. The molecule has 1 saturated heterocycles. The van der Waals surface area contributed by atoms with Gasteiger partial charge in [0.15, 0.2) is 0 Å². The summed E-state index contributed by atoms with van der Waals surface area (Å²) < 4.78 is 0. The lowest BCUT2D eigenvalue weighted by atomic mass is 9.85. The predicted molar refractivity (Wildman–Crippen MR) is 75.3 cm³/mol. The Kier molecular flexibility index (Phi) is 5.62. The Bertz CT molecular complexity index is 201. The minimum atomic E-state index is 0.371. The fourth-order valence-electron chi connectivity index (χ4n) is 2.15. The van der Waals surface area contributed by atoms with Crippen molar-refractivity contribution in [3.05, 3.63) is 0 Å². The Morgan fingerprint density at radius 1 is 1.44 bits per heavy atom. The van der Waals surface area contributed by atoms with Crippen molar-refractivity contribution in [2.75, 3.05) is 31.1 Å². The molecule has 0 amide bonds. The van der Waals surface area contributed by atoms with E-state index in [0.717, 1.165) is 12.6 Å². The van der Waals surface area contributed by atoms with E-state index >= 15 is 0 Å². The zero-order valence-corrected chi connectivity index (χ0v) is 12.4. The van der Waals surface area contributed by atoms with E-state index in [1.54, 1.807) is 0 Å². The second-order valence-corrected chi connectivity index (χ2v) is 7.20. The molecule has 16 heavy (non-hydrogen) atoms. The van der Waals surface area contributed by atoms with Gasteiger partial charge in [0, 0.05) is 37.5 Å². The number of thioether (sulfide) groups is 1. The third kappa shape index (κ3) is 4.27. The van der Waals surface area contributed by atoms with Crippen molar-refractivity contribution < 1.29 is 0 Å². The molecule has 0 bridgehead atoms. The Morgan fingerprint density at radius 2 is 2.12 bits per heavy atom. The summed E-state index contributed by atoms with van der Waals surface area (Å²) in [6.07, 6.45) is 0. The summed E-state index contributed by atoms with van der Waals surface area (Å²) in [6, 6.07) is 1.35. The van der Waals surface area contributed by atoms with Crippen molar-refractivity contribution in [3.63, 3.8) is 0 Å². The third-order valence-corrected chi connectivity index (χ3v) is 4.57. The van der Waals surface area contributed by atoms with Crippen LogP contribution >= 0.6 is 11.8 Å². The van der Waals surface area contributed by atoms with Crippen LogP contribution in [0.1, 0.15) is 34.6 Å². The standard InChI is InChI=1S/C13H28N2S/c1-6-16-10-11(2)15-8-7-14-12(9-15)13(3,4)5/h11-12,14H,6-10H2,1-5H3. The Morgan fingerprint density at radius 3 is 2.69 bits per heavy atom. The summed E-state index contributed by atoms with van der Waals surface area (Å²) in [6.45, 7) is 15.2. The Hall–Kier alpha value is 0.270. The van der Waals surface area contributed by atoms with Crippen LogP contribution in [0.2, 0.25) is 0 Å². The molecule has 0 aromatic heterocycles. The van der Waals surface area contributed by atoms with Crippen LogP contribution in [0, 0.1) is 5.41 Å². The largest absolute Gasteiger partial charge is 0.311 e. The van der Waals surface area contributed by atoms with E-state index in [-0.39, 0.29) is 0 Å². The maximum Gasteiger partial charge on any atom is 0.0244 e. The molecule has 2 atom stereocenters. The summed E-state index contributed by atoms with van der Waals surface area (Å²) >= 11 is 2.06. The molecule has 0 spiro atoms. The van der Waals surface area contributed by atoms with E-state index in [1.807, 2.05) is 0 Å². The lowest BCUT2D eigenvalue weighted by Gasteiger charge is -2.42. The average Bonchev–Trinajstić information content (AvgIpc) is 2.25. The first-order valence-corrected chi connectivity index (χ1v) is 7.65. The Labute approximate surface area is 106 Å². The molecule has 1 aliphatic rings. The summed E-state index contributed by atoms with van der Waals surface area (Å²) in [7, 11) is 0. The van der Waals surface area contributed by atoms with Crippen LogP contribution in [0.3, 0.4) is 0 Å². The van der Waals surface area contributed by atoms with Gasteiger partial charge in [-0.1, -0.05) is 27.7 Å². The molecular formula is C13H28N2S. The lowest BCUT2D eigenvalue weighted by molar-refractivity contribution is 0.112. The van der Waals surface area contributed by atoms with Gasteiger partial charge in [0.2, 0.25) is 0 Å². The maximum absolute atomic E-state index is 3.65. The summed E-state index contributed by atoms with van der Waals surface area (Å²) in [5.41, 5.74) is 0.371. The molecule has 0 radical (unpaired) electrons. The van der Waals surface area contributed by atoms with Crippen molar-refractivity contribution in [1.82, 2.24) is 10.2 Å². The molecule has 0 aromatic rings. The van der Waals surface area contributed by atoms with E-state index in [2.05, 4.69) is 56.6 Å². The molecule has 1 aliphatic heterocycles. The first-order valence-electron chi connectivity index (χ1n) is 6.50. The van der Waals surface area contributed by atoms with Crippen LogP contribution in [0.15, 0.2) is 0 Å². The van der Waals surface area contributed by atoms with Crippen molar-refractivity contribution in [3.8, 4) is 0 Å². The van der Waals surface area contributed by atoms with Crippen LogP contribution in [-0.2, 0) is 0 Å². The zero-order chi connectivity index (χ0) is 12.2. The molecule has 1 N–H and O–H groups in total. The molecule has 1 heterocycles. The van der Waals surface area contributed by atoms with Gasteiger partial charge in [-0.25, -0.2) is 0 Å². The van der Waals surface area contributed by atoms with Crippen LogP contribution < -0.4 is 5.32 Å². The van der Waals surface area contributed by atoms with Gasteiger partial charge in [-0.3, -0.25) is 4.90 Å². The lowest BCUT2D eigenvalue weighted by Crippen LogP contribution is -2.58. The molecule has 2 nitrogen and oxygen atoms in total. The average molecular weight is 244 g/mol. The van der Waals surface area contributed by atoms with Gasteiger partial charge >= 0.3 is 0 Å². The number of nitrogens with one attached hydrogen (secondary N) is 1. The fraction of sp³-hybridized carbons (Fsp3) is 1.00. The Balaban J connectivity index is 2.43. The van der Waals surface area contributed by atoms with Gasteiger partial charge < -0.3 is 5.32 Å². The van der Waals surface area contributed by atoms with Gasteiger partial charge in [-0.15, -0.1) is 0 Å². The summed E-state index contributed by atoms with van der Waals surface area (Å²) in [5, 5.41) is 3.65. The van der Waals surface area contributed by atoms with E-state index in [9.17, 15) is 0 Å². The molecule has 2 unspecified atom stereocenters.